The van der Waals surface area contributed by atoms with E-state index in [1.807, 2.05) is 21.0 Å². The van der Waals surface area contributed by atoms with Crippen molar-refractivity contribution in [3.05, 3.63) is 11.8 Å². The van der Waals surface area contributed by atoms with Crippen LogP contribution in [-0.2, 0) is 0 Å². The molecule has 0 bridgehead atoms. The van der Waals surface area contributed by atoms with Gasteiger partial charge < -0.3 is 16.0 Å². The fourth-order valence-corrected chi connectivity index (χ4v) is 1.28. The molecule has 0 aromatic carbocycles. The predicted octanol–water partition coefficient (Wildman–Crippen LogP) is 0.0619. The van der Waals surface area contributed by atoms with Gasteiger partial charge in [0.1, 0.15) is 11.5 Å². The number of aromatic amines is 1. The summed E-state index contributed by atoms with van der Waals surface area (Å²) in [5.74, 6) is 0.154. The Balaban J connectivity index is 2.39. The first-order valence-electron chi connectivity index (χ1n) is 5.25. The Labute approximate surface area is 95.2 Å². The Morgan fingerprint density at radius 3 is 2.88 bits per heavy atom. The molecule has 0 radical (unpaired) electrons. The first-order chi connectivity index (χ1) is 7.49. The third kappa shape index (κ3) is 3.90. The second-order valence-electron chi connectivity index (χ2n) is 4.17. The molecule has 1 rings (SSSR count). The molecule has 90 valence electrons. The van der Waals surface area contributed by atoms with E-state index in [2.05, 4.69) is 20.4 Å². The molecular formula is C10H19N5O. The molecule has 0 saturated heterocycles. The predicted molar refractivity (Wildman–Crippen MR) is 63.1 cm³/mol. The van der Waals surface area contributed by atoms with Crippen LogP contribution in [0, 0.1) is 0 Å². The van der Waals surface area contributed by atoms with E-state index < -0.39 is 0 Å². The lowest BCUT2D eigenvalue weighted by atomic mass is 10.2. The average molecular weight is 225 g/mol. The van der Waals surface area contributed by atoms with Crippen molar-refractivity contribution in [2.24, 2.45) is 0 Å². The minimum absolute atomic E-state index is 0.124. The Morgan fingerprint density at radius 1 is 1.69 bits per heavy atom. The van der Waals surface area contributed by atoms with Crippen molar-refractivity contribution in [2.45, 2.75) is 19.4 Å². The number of nitrogen functional groups attached to an aromatic ring is 1. The Hall–Kier alpha value is -1.56. The van der Waals surface area contributed by atoms with Gasteiger partial charge in [0.05, 0.1) is 0 Å². The highest BCUT2D eigenvalue weighted by Gasteiger charge is 2.11. The van der Waals surface area contributed by atoms with Gasteiger partial charge in [-0.25, -0.2) is 0 Å². The van der Waals surface area contributed by atoms with Gasteiger partial charge in [0.15, 0.2) is 0 Å². The molecule has 0 aliphatic carbocycles. The van der Waals surface area contributed by atoms with Crippen molar-refractivity contribution >= 4 is 11.7 Å². The quantitative estimate of drug-likeness (QED) is 0.661. The summed E-state index contributed by atoms with van der Waals surface area (Å²) in [6, 6.07) is 1.65. The number of nitrogens with zero attached hydrogens (tertiary/aromatic N) is 2. The number of amides is 1. The number of hydrogen-bond acceptors (Lipinski definition) is 4. The molecule has 4 N–H and O–H groups in total. The lowest BCUT2D eigenvalue weighted by Crippen LogP contribution is -2.35. The third-order valence-electron chi connectivity index (χ3n) is 2.23. The number of nitrogens with two attached hydrogens (primary N) is 1. The van der Waals surface area contributed by atoms with E-state index in [1.54, 1.807) is 0 Å². The van der Waals surface area contributed by atoms with Gasteiger partial charge in [-0.05, 0) is 34.0 Å². The molecule has 1 unspecified atom stereocenters. The molecule has 1 aromatic heterocycles. The van der Waals surface area contributed by atoms with Crippen molar-refractivity contribution in [1.82, 2.24) is 20.4 Å². The zero-order valence-corrected chi connectivity index (χ0v) is 9.95. The van der Waals surface area contributed by atoms with E-state index in [9.17, 15) is 4.79 Å². The number of hydrogen-bond donors (Lipinski definition) is 3. The summed E-state index contributed by atoms with van der Waals surface area (Å²) < 4.78 is 0. The van der Waals surface area contributed by atoms with Crippen LogP contribution in [0.5, 0.6) is 0 Å². The third-order valence-corrected chi connectivity index (χ3v) is 2.23. The number of carbonyl (C=O) groups excluding carboxylic acids is 1. The fraction of sp³-hybridized carbons (Fsp3) is 0.600. The van der Waals surface area contributed by atoms with Crippen molar-refractivity contribution in [3.8, 4) is 0 Å². The summed E-state index contributed by atoms with van der Waals surface area (Å²) in [5.41, 5.74) is 5.81. The van der Waals surface area contributed by atoms with Gasteiger partial charge in [0.25, 0.3) is 5.91 Å². The van der Waals surface area contributed by atoms with Crippen LogP contribution >= 0.6 is 0 Å². The minimum atomic E-state index is -0.171. The van der Waals surface area contributed by atoms with Crippen LogP contribution in [0.2, 0.25) is 0 Å². The number of carbonyl (C=O) groups is 1. The van der Waals surface area contributed by atoms with Gasteiger partial charge in [-0.3, -0.25) is 9.89 Å². The molecule has 6 heteroatoms. The highest BCUT2D eigenvalue weighted by molar-refractivity contribution is 5.93. The molecule has 0 spiro atoms. The molecule has 1 amide bonds. The second kappa shape index (κ2) is 5.50. The van der Waals surface area contributed by atoms with Crippen LogP contribution in [0.1, 0.15) is 23.8 Å². The largest absolute Gasteiger partial charge is 0.382 e. The molecule has 0 fully saturated rings. The Bertz CT molecular complexity index is 347. The SMILES string of the molecule is CC(CCN(C)C)NC(=O)c1cc(N)n[nH]1. The van der Waals surface area contributed by atoms with E-state index in [4.69, 9.17) is 5.73 Å². The van der Waals surface area contributed by atoms with Gasteiger partial charge in [0, 0.05) is 12.1 Å². The molecule has 6 nitrogen and oxygen atoms in total. The average Bonchev–Trinajstić information content (AvgIpc) is 2.62. The number of H-pyrrole nitrogens is 1. The zero-order chi connectivity index (χ0) is 12.1. The van der Waals surface area contributed by atoms with Gasteiger partial charge in [-0.2, -0.15) is 5.10 Å². The molecule has 0 aliphatic rings. The topological polar surface area (TPSA) is 87.0 Å². The monoisotopic (exact) mass is 225 g/mol. The summed E-state index contributed by atoms with van der Waals surface area (Å²) in [6.07, 6.45) is 0.905. The number of aromatic nitrogens is 2. The lowest BCUT2D eigenvalue weighted by molar-refractivity contribution is 0.0931. The minimum Gasteiger partial charge on any atom is -0.382 e. The maximum absolute atomic E-state index is 11.7. The highest BCUT2D eigenvalue weighted by Crippen LogP contribution is 2.01. The molecule has 1 heterocycles. The molecule has 16 heavy (non-hydrogen) atoms. The van der Waals surface area contributed by atoms with E-state index in [0.29, 0.717) is 11.5 Å². The summed E-state index contributed by atoms with van der Waals surface area (Å²) in [7, 11) is 4.01. The molecule has 0 aliphatic heterocycles. The van der Waals surface area contributed by atoms with Crippen LogP contribution in [-0.4, -0.2) is 47.7 Å². The van der Waals surface area contributed by atoms with Crippen LogP contribution in [0.3, 0.4) is 0 Å². The number of nitrogens with one attached hydrogen (secondary N) is 2. The van der Waals surface area contributed by atoms with Gasteiger partial charge >= 0.3 is 0 Å². The van der Waals surface area contributed by atoms with Crippen LogP contribution in [0.4, 0.5) is 5.82 Å². The van der Waals surface area contributed by atoms with Gasteiger partial charge in [0.2, 0.25) is 0 Å². The van der Waals surface area contributed by atoms with Crippen LogP contribution in [0.15, 0.2) is 6.07 Å². The van der Waals surface area contributed by atoms with Crippen molar-refractivity contribution in [3.63, 3.8) is 0 Å². The van der Waals surface area contributed by atoms with E-state index >= 15 is 0 Å². The summed E-state index contributed by atoms with van der Waals surface area (Å²) >= 11 is 0. The Kier molecular flexibility index (Phi) is 4.30. The van der Waals surface area contributed by atoms with Gasteiger partial charge in [-0.1, -0.05) is 0 Å². The molecule has 1 aromatic rings. The molecular weight excluding hydrogens is 206 g/mol. The van der Waals surface area contributed by atoms with E-state index in [0.717, 1.165) is 13.0 Å². The van der Waals surface area contributed by atoms with Crippen LogP contribution < -0.4 is 11.1 Å². The number of rotatable bonds is 5. The van der Waals surface area contributed by atoms with Crippen LogP contribution in [0.25, 0.3) is 0 Å². The normalized spacial score (nSPS) is 12.8. The standard InChI is InChI=1S/C10H19N5O/c1-7(4-5-15(2)3)12-10(16)8-6-9(11)14-13-8/h6-7H,4-5H2,1-3H3,(H,12,16)(H3,11,13,14). The van der Waals surface area contributed by atoms with Crippen molar-refractivity contribution < 1.29 is 4.79 Å². The van der Waals surface area contributed by atoms with Crippen molar-refractivity contribution in [1.29, 1.82) is 0 Å². The Morgan fingerprint density at radius 2 is 2.38 bits per heavy atom. The second-order valence-corrected chi connectivity index (χ2v) is 4.17. The van der Waals surface area contributed by atoms with E-state index in [1.165, 1.54) is 6.07 Å². The highest BCUT2D eigenvalue weighted by atomic mass is 16.2. The molecule has 1 atom stereocenters. The maximum Gasteiger partial charge on any atom is 0.269 e. The smallest absolute Gasteiger partial charge is 0.269 e. The lowest BCUT2D eigenvalue weighted by Gasteiger charge is -2.16. The molecule has 0 saturated carbocycles. The van der Waals surface area contributed by atoms with E-state index in [-0.39, 0.29) is 11.9 Å². The first-order valence-corrected chi connectivity index (χ1v) is 5.25. The van der Waals surface area contributed by atoms with Crippen molar-refractivity contribution in [2.75, 3.05) is 26.4 Å². The maximum atomic E-state index is 11.7. The summed E-state index contributed by atoms with van der Waals surface area (Å²) in [6.45, 7) is 2.91. The zero-order valence-electron chi connectivity index (χ0n) is 9.95. The summed E-state index contributed by atoms with van der Waals surface area (Å²) in [4.78, 5) is 13.7. The first kappa shape index (κ1) is 12.5. The fourth-order valence-electron chi connectivity index (χ4n) is 1.28. The van der Waals surface area contributed by atoms with Gasteiger partial charge in [-0.15, -0.1) is 0 Å². The number of anilines is 1. The summed E-state index contributed by atoms with van der Waals surface area (Å²) in [5, 5.41) is 9.15.